The van der Waals surface area contributed by atoms with Crippen molar-refractivity contribution in [3.63, 3.8) is 0 Å². The second-order valence-corrected chi connectivity index (χ2v) is 2.90. The molecule has 0 bridgehead atoms. The topological polar surface area (TPSA) is 21.3 Å². The standard InChI is InChI=1S/C9H18FNO/c1-4-9(10)7-12-6-5-11-8(2)3/h4,8,11H,5-7H2,1-3H3/b9-4+. The van der Waals surface area contributed by atoms with Gasteiger partial charge in [0.05, 0.1) is 13.2 Å². The summed E-state index contributed by atoms with van der Waals surface area (Å²) < 4.78 is 17.5. The van der Waals surface area contributed by atoms with E-state index in [4.69, 9.17) is 4.74 Å². The average Bonchev–Trinajstić information content (AvgIpc) is 2.03. The molecule has 0 saturated heterocycles. The summed E-state index contributed by atoms with van der Waals surface area (Å²) in [5.74, 6) is -0.209. The summed E-state index contributed by atoms with van der Waals surface area (Å²) in [5, 5.41) is 3.17. The molecule has 0 unspecified atom stereocenters. The summed E-state index contributed by atoms with van der Waals surface area (Å²) in [5.41, 5.74) is 0. The van der Waals surface area contributed by atoms with E-state index in [2.05, 4.69) is 19.2 Å². The number of halogens is 1. The number of rotatable bonds is 6. The fourth-order valence-electron chi connectivity index (χ4n) is 0.673. The van der Waals surface area contributed by atoms with Crippen LogP contribution in [0.3, 0.4) is 0 Å². The second-order valence-electron chi connectivity index (χ2n) is 2.90. The van der Waals surface area contributed by atoms with E-state index in [1.54, 1.807) is 6.92 Å². The molecule has 0 radical (unpaired) electrons. The fraction of sp³-hybridized carbons (Fsp3) is 0.778. The highest BCUT2D eigenvalue weighted by molar-refractivity contribution is 4.87. The molecule has 72 valence electrons. The van der Waals surface area contributed by atoms with Gasteiger partial charge in [-0.15, -0.1) is 0 Å². The Morgan fingerprint density at radius 2 is 2.25 bits per heavy atom. The van der Waals surface area contributed by atoms with Gasteiger partial charge in [0, 0.05) is 12.6 Å². The van der Waals surface area contributed by atoms with E-state index >= 15 is 0 Å². The molecule has 12 heavy (non-hydrogen) atoms. The fourth-order valence-corrected chi connectivity index (χ4v) is 0.673. The van der Waals surface area contributed by atoms with Gasteiger partial charge in [0.15, 0.2) is 0 Å². The Morgan fingerprint density at radius 3 is 2.75 bits per heavy atom. The monoisotopic (exact) mass is 175 g/mol. The van der Waals surface area contributed by atoms with Crippen molar-refractivity contribution in [2.24, 2.45) is 0 Å². The summed E-state index contributed by atoms with van der Waals surface area (Å²) in [4.78, 5) is 0. The lowest BCUT2D eigenvalue weighted by molar-refractivity contribution is 0.142. The van der Waals surface area contributed by atoms with Gasteiger partial charge in [-0.2, -0.15) is 0 Å². The van der Waals surface area contributed by atoms with Crippen LogP contribution in [0.25, 0.3) is 0 Å². The van der Waals surface area contributed by atoms with Crippen LogP contribution < -0.4 is 5.32 Å². The first-order chi connectivity index (χ1) is 5.66. The van der Waals surface area contributed by atoms with Crippen LogP contribution >= 0.6 is 0 Å². The van der Waals surface area contributed by atoms with Gasteiger partial charge in [0.1, 0.15) is 5.83 Å². The second kappa shape index (κ2) is 7.25. The van der Waals surface area contributed by atoms with E-state index in [0.29, 0.717) is 12.6 Å². The summed E-state index contributed by atoms with van der Waals surface area (Å²) in [6, 6.07) is 0.458. The summed E-state index contributed by atoms with van der Waals surface area (Å²) >= 11 is 0. The van der Waals surface area contributed by atoms with Crippen molar-refractivity contribution >= 4 is 0 Å². The molecule has 0 saturated carbocycles. The molecule has 0 aromatic carbocycles. The van der Waals surface area contributed by atoms with Gasteiger partial charge in [0.25, 0.3) is 0 Å². The Hall–Kier alpha value is -0.410. The molecule has 0 aromatic heterocycles. The van der Waals surface area contributed by atoms with E-state index in [1.807, 2.05) is 0 Å². The van der Waals surface area contributed by atoms with Crippen LogP contribution in [0.5, 0.6) is 0 Å². The van der Waals surface area contributed by atoms with Gasteiger partial charge in [-0.05, 0) is 6.92 Å². The molecule has 0 amide bonds. The molecule has 0 heterocycles. The van der Waals surface area contributed by atoms with Crippen molar-refractivity contribution in [1.29, 1.82) is 0 Å². The molecule has 0 aliphatic rings. The first kappa shape index (κ1) is 11.6. The highest BCUT2D eigenvalue weighted by atomic mass is 19.1. The van der Waals surface area contributed by atoms with Crippen LogP contribution in [0.15, 0.2) is 11.9 Å². The SMILES string of the molecule is C/C=C(/F)COCCNC(C)C. The predicted molar refractivity (Wildman–Crippen MR) is 48.8 cm³/mol. The Morgan fingerprint density at radius 1 is 1.58 bits per heavy atom. The molecule has 0 aliphatic heterocycles. The van der Waals surface area contributed by atoms with Gasteiger partial charge in [0.2, 0.25) is 0 Å². The minimum absolute atomic E-state index is 0.0935. The maximum Gasteiger partial charge on any atom is 0.121 e. The quantitative estimate of drug-likeness (QED) is 0.622. The van der Waals surface area contributed by atoms with Crippen molar-refractivity contribution in [3.8, 4) is 0 Å². The first-order valence-corrected chi connectivity index (χ1v) is 4.28. The number of allylic oxidation sites excluding steroid dienone is 1. The zero-order valence-electron chi connectivity index (χ0n) is 8.06. The first-order valence-electron chi connectivity index (χ1n) is 4.28. The van der Waals surface area contributed by atoms with Gasteiger partial charge >= 0.3 is 0 Å². The molecule has 3 heteroatoms. The number of ether oxygens (including phenoxy) is 1. The average molecular weight is 175 g/mol. The molecule has 0 aromatic rings. The Bertz CT molecular complexity index is 134. The van der Waals surface area contributed by atoms with Crippen LogP contribution in [0.1, 0.15) is 20.8 Å². The van der Waals surface area contributed by atoms with Crippen molar-refractivity contribution < 1.29 is 9.13 Å². The third kappa shape index (κ3) is 7.69. The smallest absolute Gasteiger partial charge is 0.121 e. The van der Waals surface area contributed by atoms with E-state index in [9.17, 15) is 4.39 Å². The van der Waals surface area contributed by atoms with Crippen molar-refractivity contribution in [1.82, 2.24) is 5.32 Å². The molecule has 1 N–H and O–H groups in total. The third-order valence-electron chi connectivity index (χ3n) is 1.35. The van der Waals surface area contributed by atoms with Gasteiger partial charge < -0.3 is 10.1 Å². The molecule has 0 atom stereocenters. The van der Waals surface area contributed by atoms with Crippen molar-refractivity contribution in [2.45, 2.75) is 26.8 Å². The number of hydrogen-bond donors (Lipinski definition) is 1. The lowest BCUT2D eigenvalue weighted by atomic mass is 10.4. The minimum atomic E-state index is -0.209. The number of hydrogen-bond acceptors (Lipinski definition) is 2. The largest absolute Gasteiger partial charge is 0.373 e. The van der Waals surface area contributed by atoms with E-state index in [1.165, 1.54) is 6.08 Å². The summed E-state index contributed by atoms with van der Waals surface area (Å²) in [6.45, 7) is 7.20. The molecular weight excluding hydrogens is 157 g/mol. The highest BCUT2D eigenvalue weighted by Crippen LogP contribution is 1.94. The molecule has 0 aliphatic carbocycles. The van der Waals surface area contributed by atoms with Gasteiger partial charge in [-0.3, -0.25) is 0 Å². The van der Waals surface area contributed by atoms with E-state index < -0.39 is 0 Å². The maximum atomic E-state index is 12.4. The zero-order valence-corrected chi connectivity index (χ0v) is 8.06. The summed E-state index contributed by atoms with van der Waals surface area (Å²) in [6.07, 6.45) is 1.41. The molecular formula is C9H18FNO. The molecule has 0 fully saturated rings. The summed E-state index contributed by atoms with van der Waals surface area (Å²) in [7, 11) is 0. The molecule has 0 rings (SSSR count). The van der Waals surface area contributed by atoms with Crippen LogP contribution in [0, 0.1) is 0 Å². The Kier molecular flexibility index (Phi) is 7.00. The predicted octanol–water partition coefficient (Wildman–Crippen LogP) is 1.87. The number of nitrogens with one attached hydrogen (secondary N) is 1. The van der Waals surface area contributed by atoms with E-state index in [0.717, 1.165) is 6.54 Å². The van der Waals surface area contributed by atoms with Crippen LogP contribution in [0.4, 0.5) is 4.39 Å². The maximum absolute atomic E-state index is 12.4. The van der Waals surface area contributed by atoms with Crippen molar-refractivity contribution in [2.75, 3.05) is 19.8 Å². The van der Waals surface area contributed by atoms with E-state index in [-0.39, 0.29) is 12.4 Å². The van der Waals surface area contributed by atoms with Crippen LogP contribution in [-0.2, 0) is 4.74 Å². The van der Waals surface area contributed by atoms with Gasteiger partial charge in [-0.25, -0.2) is 4.39 Å². The highest BCUT2D eigenvalue weighted by Gasteiger charge is 1.94. The van der Waals surface area contributed by atoms with Crippen LogP contribution in [0.2, 0.25) is 0 Å². The zero-order chi connectivity index (χ0) is 9.40. The van der Waals surface area contributed by atoms with Crippen molar-refractivity contribution in [3.05, 3.63) is 11.9 Å². The van der Waals surface area contributed by atoms with Gasteiger partial charge in [-0.1, -0.05) is 19.9 Å². The molecule has 0 spiro atoms. The lowest BCUT2D eigenvalue weighted by Crippen LogP contribution is -2.26. The lowest BCUT2D eigenvalue weighted by Gasteiger charge is -2.07. The third-order valence-corrected chi connectivity index (χ3v) is 1.35. The Labute approximate surface area is 73.8 Å². The normalized spacial score (nSPS) is 12.6. The minimum Gasteiger partial charge on any atom is -0.373 e. The van der Waals surface area contributed by atoms with Crippen LogP contribution in [-0.4, -0.2) is 25.8 Å². The molecule has 2 nitrogen and oxygen atoms in total. The Balaban J connectivity index is 3.11.